The van der Waals surface area contributed by atoms with Crippen LogP contribution in [0.1, 0.15) is 38.5 Å². The summed E-state index contributed by atoms with van der Waals surface area (Å²) in [6, 6.07) is 10.3. The standard InChI is InChI=1S/C18H25N3OS/c1-20-17(21(14-22)16-11-7-4-8-12-16)13-23-18(20)19-15-9-5-2-3-6-10-15/h4,7-8,11-12,14-15,17H,2-3,5-6,9-10,13H2,1H3. The summed E-state index contributed by atoms with van der Waals surface area (Å²) >= 11 is 1.77. The highest BCUT2D eigenvalue weighted by Crippen LogP contribution is 2.29. The third-order valence-electron chi connectivity index (χ3n) is 4.72. The summed E-state index contributed by atoms with van der Waals surface area (Å²) in [7, 11) is 2.06. The fourth-order valence-electron chi connectivity index (χ4n) is 3.33. The van der Waals surface area contributed by atoms with Crippen LogP contribution in [-0.2, 0) is 4.79 Å². The van der Waals surface area contributed by atoms with Gasteiger partial charge in [0.1, 0.15) is 6.17 Å². The molecular formula is C18H25N3OS. The Morgan fingerprint density at radius 2 is 1.87 bits per heavy atom. The van der Waals surface area contributed by atoms with Gasteiger partial charge in [0.2, 0.25) is 6.41 Å². The molecule has 0 bridgehead atoms. The van der Waals surface area contributed by atoms with Gasteiger partial charge < -0.3 is 4.90 Å². The minimum absolute atomic E-state index is 0.0458. The normalized spacial score (nSPS) is 24.7. The van der Waals surface area contributed by atoms with Crippen molar-refractivity contribution in [3.63, 3.8) is 0 Å². The molecule has 0 aromatic heterocycles. The van der Waals surface area contributed by atoms with E-state index in [1.165, 1.54) is 38.5 Å². The molecular weight excluding hydrogens is 306 g/mol. The molecule has 2 fully saturated rings. The first-order valence-corrected chi connectivity index (χ1v) is 9.50. The number of thioether (sulfide) groups is 1. The molecule has 1 aromatic carbocycles. The summed E-state index contributed by atoms with van der Waals surface area (Å²) in [4.78, 5) is 20.6. The average Bonchev–Trinajstić information content (AvgIpc) is 2.79. The maximum atomic E-state index is 11.6. The molecule has 4 nitrogen and oxygen atoms in total. The largest absolute Gasteiger partial charge is 0.333 e. The lowest BCUT2D eigenvalue weighted by Gasteiger charge is -2.30. The molecule has 1 atom stereocenters. The van der Waals surface area contributed by atoms with E-state index in [0.717, 1.165) is 23.0 Å². The smallest absolute Gasteiger partial charge is 0.215 e. The van der Waals surface area contributed by atoms with E-state index in [1.807, 2.05) is 35.2 Å². The molecule has 124 valence electrons. The zero-order valence-corrected chi connectivity index (χ0v) is 14.5. The third kappa shape index (κ3) is 3.89. The van der Waals surface area contributed by atoms with Crippen molar-refractivity contribution in [3.8, 4) is 0 Å². The van der Waals surface area contributed by atoms with E-state index in [0.29, 0.717) is 6.04 Å². The number of rotatable bonds is 4. The highest BCUT2D eigenvalue weighted by atomic mass is 32.2. The summed E-state index contributed by atoms with van der Waals surface area (Å²) in [5.41, 5.74) is 0.940. The van der Waals surface area contributed by atoms with Crippen molar-refractivity contribution in [1.82, 2.24) is 4.90 Å². The number of para-hydroxylation sites is 1. The van der Waals surface area contributed by atoms with Crippen LogP contribution >= 0.6 is 11.8 Å². The summed E-state index contributed by atoms with van der Waals surface area (Å²) in [5, 5.41) is 1.09. The molecule has 1 unspecified atom stereocenters. The van der Waals surface area contributed by atoms with E-state index >= 15 is 0 Å². The Hall–Kier alpha value is -1.49. The molecule has 1 aliphatic carbocycles. The van der Waals surface area contributed by atoms with Crippen molar-refractivity contribution in [2.75, 3.05) is 17.7 Å². The van der Waals surface area contributed by atoms with Crippen molar-refractivity contribution in [1.29, 1.82) is 0 Å². The van der Waals surface area contributed by atoms with E-state index in [9.17, 15) is 4.79 Å². The Kier molecular flexibility index (Phi) is 5.60. The first-order chi connectivity index (χ1) is 11.3. The van der Waals surface area contributed by atoms with Crippen molar-refractivity contribution in [2.45, 2.75) is 50.7 Å². The van der Waals surface area contributed by atoms with Crippen LogP contribution in [0.2, 0.25) is 0 Å². The van der Waals surface area contributed by atoms with Gasteiger partial charge in [-0.2, -0.15) is 0 Å². The highest BCUT2D eigenvalue weighted by Gasteiger charge is 2.32. The van der Waals surface area contributed by atoms with E-state index in [1.54, 1.807) is 11.8 Å². The van der Waals surface area contributed by atoms with Gasteiger partial charge in [-0.25, -0.2) is 0 Å². The highest BCUT2D eigenvalue weighted by molar-refractivity contribution is 8.14. The Morgan fingerprint density at radius 1 is 1.17 bits per heavy atom. The van der Waals surface area contributed by atoms with Crippen LogP contribution in [0.3, 0.4) is 0 Å². The molecule has 5 heteroatoms. The monoisotopic (exact) mass is 331 g/mol. The van der Waals surface area contributed by atoms with E-state index in [4.69, 9.17) is 4.99 Å². The predicted octanol–water partition coefficient (Wildman–Crippen LogP) is 3.73. The number of anilines is 1. The van der Waals surface area contributed by atoms with Gasteiger partial charge in [0.25, 0.3) is 0 Å². The number of nitrogens with zero attached hydrogens (tertiary/aromatic N) is 3. The zero-order valence-electron chi connectivity index (χ0n) is 13.7. The first kappa shape index (κ1) is 16.4. The first-order valence-electron chi connectivity index (χ1n) is 8.51. The number of carbonyl (C=O) groups is 1. The number of amidine groups is 1. The van der Waals surface area contributed by atoms with E-state index in [-0.39, 0.29) is 6.17 Å². The summed E-state index contributed by atoms with van der Waals surface area (Å²) < 4.78 is 0. The van der Waals surface area contributed by atoms with E-state index in [2.05, 4.69) is 11.9 Å². The number of carbonyl (C=O) groups excluding carboxylic acids is 1. The summed E-state index contributed by atoms with van der Waals surface area (Å²) in [6.07, 6.45) is 8.68. The predicted molar refractivity (Wildman–Crippen MR) is 97.9 cm³/mol. The second-order valence-electron chi connectivity index (χ2n) is 6.31. The van der Waals surface area contributed by atoms with Crippen LogP contribution in [0.25, 0.3) is 0 Å². The van der Waals surface area contributed by atoms with Gasteiger partial charge in [0, 0.05) is 18.5 Å². The quantitative estimate of drug-likeness (QED) is 0.623. The van der Waals surface area contributed by atoms with Gasteiger partial charge in [-0.1, -0.05) is 55.6 Å². The fourth-order valence-corrected chi connectivity index (χ4v) is 4.56. The Morgan fingerprint density at radius 3 is 2.52 bits per heavy atom. The maximum Gasteiger partial charge on any atom is 0.215 e. The fraction of sp³-hybridized carbons (Fsp3) is 0.556. The molecule has 1 saturated heterocycles. The minimum atomic E-state index is 0.0458. The molecule has 1 amide bonds. The Bertz CT molecular complexity index is 540. The number of aliphatic imine (C=N–C) groups is 1. The van der Waals surface area contributed by atoms with Crippen molar-refractivity contribution in [3.05, 3.63) is 30.3 Å². The van der Waals surface area contributed by atoms with Gasteiger partial charge in [-0.05, 0) is 25.0 Å². The molecule has 3 rings (SSSR count). The number of hydrogen-bond donors (Lipinski definition) is 0. The zero-order chi connectivity index (χ0) is 16.1. The van der Waals surface area contributed by atoms with Gasteiger partial charge >= 0.3 is 0 Å². The molecule has 1 aliphatic heterocycles. The van der Waals surface area contributed by atoms with Crippen LogP contribution in [0.4, 0.5) is 5.69 Å². The van der Waals surface area contributed by atoms with Gasteiger partial charge in [-0.3, -0.25) is 14.7 Å². The van der Waals surface area contributed by atoms with Crippen LogP contribution in [0.15, 0.2) is 35.3 Å². The average molecular weight is 331 g/mol. The third-order valence-corrected chi connectivity index (χ3v) is 5.83. The van der Waals surface area contributed by atoms with Gasteiger partial charge in [-0.15, -0.1) is 0 Å². The molecule has 1 aromatic rings. The summed E-state index contributed by atoms with van der Waals surface area (Å²) in [5.74, 6) is 0.871. The Labute approximate surface area is 142 Å². The van der Waals surface area contributed by atoms with Crippen molar-refractivity contribution in [2.24, 2.45) is 4.99 Å². The van der Waals surface area contributed by atoms with E-state index < -0.39 is 0 Å². The summed E-state index contributed by atoms with van der Waals surface area (Å²) in [6.45, 7) is 0. The lowest BCUT2D eigenvalue weighted by Crippen LogP contribution is -2.45. The molecule has 1 heterocycles. The lowest BCUT2D eigenvalue weighted by molar-refractivity contribution is -0.108. The number of benzene rings is 1. The lowest BCUT2D eigenvalue weighted by atomic mass is 10.1. The number of hydrogen-bond acceptors (Lipinski definition) is 3. The van der Waals surface area contributed by atoms with Crippen LogP contribution < -0.4 is 4.90 Å². The van der Waals surface area contributed by atoms with Gasteiger partial charge in [0.05, 0.1) is 6.04 Å². The minimum Gasteiger partial charge on any atom is -0.333 e. The Balaban J connectivity index is 1.72. The van der Waals surface area contributed by atoms with Crippen LogP contribution in [0, 0.1) is 0 Å². The molecule has 0 spiro atoms. The molecule has 0 radical (unpaired) electrons. The van der Waals surface area contributed by atoms with Gasteiger partial charge in [0.15, 0.2) is 5.17 Å². The molecule has 23 heavy (non-hydrogen) atoms. The topological polar surface area (TPSA) is 35.9 Å². The molecule has 1 saturated carbocycles. The van der Waals surface area contributed by atoms with Crippen LogP contribution in [0.5, 0.6) is 0 Å². The van der Waals surface area contributed by atoms with Crippen molar-refractivity contribution >= 4 is 29.0 Å². The second-order valence-corrected chi connectivity index (χ2v) is 7.29. The SMILES string of the molecule is CN1C(=NC2CCCCCC2)SCC1N(C=O)c1ccccc1. The molecule has 2 aliphatic rings. The van der Waals surface area contributed by atoms with Crippen molar-refractivity contribution < 1.29 is 4.79 Å². The molecule has 0 N–H and O–H groups in total. The number of amides is 1. The maximum absolute atomic E-state index is 11.6. The second kappa shape index (κ2) is 7.86. The van der Waals surface area contributed by atoms with Crippen LogP contribution in [-0.4, -0.2) is 41.5 Å².